The highest BCUT2D eigenvalue weighted by Crippen LogP contribution is 2.28. The van der Waals surface area contributed by atoms with Crippen LogP contribution in [0.3, 0.4) is 0 Å². The summed E-state index contributed by atoms with van der Waals surface area (Å²) in [5.41, 5.74) is 2.70. The second-order valence-electron chi connectivity index (χ2n) is 6.61. The van der Waals surface area contributed by atoms with E-state index in [2.05, 4.69) is 4.98 Å². The summed E-state index contributed by atoms with van der Waals surface area (Å²) in [7, 11) is 1.56. The Balaban J connectivity index is 1.44. The van der Waals surface area contributed by atoms with Crippen LogP contribution in [-0.4, -0.2) is 24.7 Å². The summed E-state index contributed by atoms with van der Waals surface area (Å²) in [5, 5.41) is 0. The van der Waals surface area contributed by atoms with Crippen molar-refractivity contribution in [1.29, 1.82) is 0 Å². The molecule has 0 spiro atoms. The molecule has 3 aromatic rings. The first-order chi connectivity index (χ1) is 15.2. The molecule has 0 amide bonds. The predicted octanol–water partition coefficient (Wildman–Crippen LogP) is 4.82. The second kappa shape index (κ2) is 11.4. The van der Waals surface area contributed by atoms with Gasteiger partial charge < -0.3 is 18.9 Å². The van der Waals surface area contributed by atoms with Crippen LogP contribution in [0.25, 0.3) is 6.08 Å². The van der Waals surface area contributed by atoms with Gasteiger partial charge in [-0.05, 0) is 54.4 Å². The highest BCUT2D eigenvalue weighted by molar-refractivity contribution is 5.71. The smallest absolute Gasteiger partial charge is 0.344 e. The molecule has 1 aromatic heterocycles. The standard InChI is InChI=1S/C25H25NO5/c1-3-6-19-10-13-23(24(15-19)28-2)30-18-25(27)31-16-20-8-11-22(12-9-20)29-17-21-7-4-5-14-26-21/h3-15H,16-18H2,1-2H3/b6-3+. The van der Waals surface area contributed by atoms with Crippen molar-refractivity contribution in [2.24, 2.45) is 0 Å². The van der Waals surface area contributed by atoms with Crippen molar-refractivity contribution in [3.63, 3.8) is 0 Å². The summed E-state index contributed by atoms with van der Waals surface area (Å²) in [6.45, 7) is 2.28. The molecule has 0 bridgehead atoms. The van der Waals surface area contributed by atoms with Crippen LogP contribution >= 0.6 is 0 Å². The van der Waals surface area contributed by atoms with Gasteiger partial charge in [-0.1, -0.05) is 36.4 Å². The minimum Gasteiger partial charge on any atom is -0.493 e. The molecule has 6 heteroatoms. The summed E-state index contributed by atoms with van der Waals surface area (Å²) in [6, 6.07) is 18.6. The topological polar surface area (TPSA) is 66.9 Å². The van der Waals surface area contributed by atoms with Crippen LogP contribution in [0.4, 0.5) is 0 Å². The molecule has 2 aromatic carbocycles. The van der Waals surface area contributed by atoms with Gasteiger partial charge in [-0.15, -0.1) is 0 Å². The molecule has 160 valence electrons. The molecule has 6 nitrogen and oxygen atoms in total. The van der Waals surface area contributed by atoms with Gasteiger partial charge in [0.05, 0.1) is 12.8 Å². The first-order valence-corrected chi connectivity index (χ1v) is 9.88. The second-order valence-corrected chi connectivity index (χ2v) is 6.61. The number of methoxy groups -OCH3 is 1. The molecule has 0 fully saturated rings. The lowest BCUT2D eigenvalue weighted by molar-refractivity contribution is -0.147. The molecule has 0 atom stereocenters. The Morgan fingerprint density at radius 1 is 0.968 bits per heavy atom. The molecule has 0 saturated heterocycles. The van der Waals surface area contributed by atoms with Gasteiger partial charge in [0.2, 0.25) is 0 Å². The van der Waals surface area contributed by atoms with Gasteiger partial charge in [0.1, 0.15) is 19.0 Å². The normalized spacial score (nSPS) is 10.6. The van der Waals surface area contributed by atoms with Gasteiger partial charge in [0.25, 0.3) is 0 Å². The van der Waals surface area contributed by atoms with E-state index in [4.69, 9.17) is 18.9 Å². The third-order valence-electron chi connectivity index (χ3n) is 4.33. The zero-order chi connectivity index (χ0) is 21.9. The highest BCUT2D eigenvalue weighted by Gasteiger charge is 2.09. The lowest BCUT2D eigenvalue weighted by Gasteiger charge is -2.11. The maximum absolute atomic E-state index is 12.1. The number of aromatic nitrogens is 1. The van der Waals surface area contributed by atoms with Crippen LogP contribution in [0.2, 0.25) is 0 Å². The Hall–Kier alpha value is -3.80. The van der Waals surface area contributed by atoms with Crippen LogP contribution < -0.4 is 14.2 Å². The minimum atomic E-state index is -0.463. The van der Waals surface area contributed by atoms with Crippen molar-refractivity contribution < 1.29 is 23.7 Å². The van der Waals surface area contributed by atoms with Crippen LogP contribution in [0.15, 0.2) is 72.9 Å². The van der Waals surface area contributed by atoms with Crippen molar-refractivity contribution in [2.75, 3.05) is 13.7 Å². The van der Waals surface area contributed by atoms with E-state index >= 15 is 0 Å². The zero-order valence-electron chi connectivity index (χ0n) is 17.6. The van der Waals surface area contributed by atoms with Gasteiger partial charge >= 0.3 is 5.97 Å². The third-order valence-corrected chi connectivity index (χ3v) is 4.33. The average molecular weight is 419 g/mol. The van der Waals surface area contributed by atoms with Crippen molar-refractivity contribution in [3.05, 3.63) is 89.8 Å². The van der Waals surface area contributed by atoms with Crippen molar-refractivity contribution in [1.82, 2.24) is 4.98 Å². The van der Waals surface area contributed by atoms with Crippen molar-refractivity contribution in [2.45, 2.75) is 20.1 Å². The Morgan fingerprint density at radius 2 is 1.81 bits per heavy atom. The van der Waals surface area contributed by atoms with Gasteiger partial charge in [-0.2, -0.15) is 0 Å². The molecule has 0 aliphatic carbocycles. The zero-order valence-corrected chi connectivity index (χ0v) is 17.6. The van der Waals surface area contributed by atoms with Gasteiger partial charge in [-0.3, -0.25) is 4.98 Å². The van der Waals surface area contributed by atoms with E-state index in [1.165, 1.54) is 0 Å². The van der Waals surface area contributed by atoms with Gasteiger partial charge in [0, 0.05) is 6.20 Å². The van der Waals surface area contributed by atoms with Crippen LogP contribution in [0.1, 0.15) is 23.7 Å². The molecule has 0 N–H and O–H groups in total. The van der Waals surface area contributed by atoms with E-state index in [0.29, 0.717) is 18.1 Å². The summed E-state index contributed by atoms with van der Waals surface area (Å²) >= 11 is 0. The van der Waals surface area contributed by atoms with E-state index in [1.807, 2.05) is 73.7 Å². The maximum atomic E-state index is 12.1. The molecule has 0 saturated carbocycles. The Bertz CT molecular complexity index is 1000. The van der Waals surface area contributed by atoms with Crippen LogP contribution in [-0.2, 0) is 22.7 Å². The van der Waals surface area contributed by atoms with Crippen molar-refractivity contribution >= 4 is 12.0 Å². The summed E-state index contributed by atoms with van der Waals surface area (Å²) in [6.07, 6.45) is 5.62. The molecule has 1 heterocycles. The number of esters is 1. The fourth-order valence-corrected chi connectivity index (χ4v) is 2.76. The Labute approximate surface area is 182 Å². The molecule has 0 unspecified atom stereocenters. The maximum Gasteiger partial charge on any atom is 0.344 e. The summed E-state index contributed by atoms with van der Waals surface area (Å²) in [4.78, 5) is 16.3. The number of ether oxygens (including phenoxy) is 4. The number of carbonyl (C=O) groups excluding carboxylic acids is 1. The number of hydrogen-bond acceptors (Lipinski definition) is 6. The number of hydrogen-bond donors (Lipinski definition) is 0. The lowest BCUT2D eigenvalue weighted by Crippen LogP contribution is -2.15. The van der Waals surface area contributed by atoms with Gasteiger partial charge in [0.15, 0.2) is 18.1 Å². The number of pyridine rings is 1. The Kier molecular flexibility index (Phi) is 8.05. The monoisotopic (exact) mass is 419 g/mol. The SMILES string of the molecule is C/C=C/c1ccc(OCC(=O)OCc2ccc(OCc3ccccn3)cc2)c(OC)c1. The summed E-state index contributed by atoms with van der Waals surface area (Å²) < 4.78 is 21.9. The van der Waals surface area contributed by atoms with E-state index in [-0.39, 0.29) is 13.2 Å². The molecule has 3 rings (SSSR count). The number of allylic oxidation sites excluding steroid dienone is 1. The number of rotatable bonds is 10. The average Bonchev–Trinajstić information content (AvgIpc) is 2.82. The quantitative estimate of drug-likeness (QED) is 0.439. The van der Waals surface area contributed by atoms with Gasteiger partial charge in [-0.25, -0.2) is 4.79 Å². The van der Waals surface area contributed by atoms with E-state index in [9.17, 15) is 4.79 Å². The molecule has 0 radical (unpaired) electrons. The Morgan fingerprint density at radius 3 is 2.52 bits per heavy atom. The molecule has 0 aliphatic heterocycles. The third kappa shape index (κ3) is 6.89. The fraction of sp³-hybridized carbons (Fsp3) is 0.200. The predicted molar refractivity (Wildman–Crippen MR) is 118 cm³/mol. The molecular formula is C25H25NO5. The first-order valence-electron chi connectivity index (χ1n) is 9.88. The van der Waals surface area contributed by atoms with Crippen molar-refractivity contribution in [3.8, 4) is 17.2 Å². The highest BCUT2D eigenvalue weighted by atomic mass is 16.6. The first kappa shape index (κ1) is 21.9. The number of benzene rings is 2. The molecular weight excluding hydrogens is 394 g/mol. The molecule has 0 aliphatic rings. The van der Waals surface area contributed by atoms with E-state index < -0.39 is 5.97 Å². The largest absolute Gasteiger partial charge is 0.493 e. The number of nitrogens with zero attached hydrogens (tertiary/aromatic N) is 1. The van der Waals surface area contributed by atoms with Crippen LogP contribution in [0.5, 0.6) is 17.2 Å². The fourth-order valence-electron chi connectivity index (χ4n) is 2.76. The number of carbonyl (C=O) groups is 1. The summed E-state index contributed by atoms with van der Waals surface area (Å²) in [5.74, 6) is 1.30. The van der Waals surface area contributed by atoms with E-state index in [1.54, 1.807) is 19.4 Å². The van der Waals surface area contributed by atoms with Crippen LogP contribution in [0, 0.1) is 0 Å². The molecule has 31 heavy (non-hydrogen) atoms. The minimum absolute atomic E-state index is 0.153. The van der Waals surface area contributed by atoms with E-state index in [0.717, 1.165) is 22.6 Å². The lowest BCUT2D eigenvalue weighted by atomic mass is 10.2.